The van der Waals surface area contributed by atoms with E-state index >= 15 is 0 Å². The van der Waals surface area contributed by atoms with E-state index in [4.69, 9.17) is 4.74 Å². The zero-order valence-corrected chi connectivity index (χ0v) is 16.7. The molecule has 1 amide bonds. The maximum Gasteiger partial charge on any atom is 0.244 e. The van der Waals surface area contributed by atoms with Gasteiger partial charge in [0.05, 0.1) is 43.6 Å². The van der Waals surface area contributed by atoms with Gasteiger partial charge in [-0.2, -0.15) is 0 Å². The molecule has 1 aromatic rings. The molecule has 0 spiro atoms. The molecular formula is C18H28N2O6S. The van der Waals surface area contributed by atoms with E-state index in [-0.39, 0.29) is 12.5 Å². The summed E-state index contributed by atoms with van der Waals surface area (Å²) in [4.78, 5) is 11.8. The third-order valence-electron chi connectivity index (χ3n) is 3.88. The van der Waals surface area contributed by atoms with Crippen LogP contribution < -0.4 is 10.1 Å². The van der Waals surface area contributed by atoms with Gasteiger partial charge < -0.3 is 24.2 Å². The number of methoxy groups -OCH3 is 1. The van der Waals surface area contributed by atoms with Gasteiger partial charge in [-0.05, 0) is 23.8 Å². The predicted molar refractivity (Wildman–Crippen MR) is 102 cm³/mol. The van der Waals surface area contributed by atoms with Crippen molar-refractivity contribution in [1.29, 1.82) is 0 Å². The van der Waals surface area contributed by atoms with Crippen molar-refractivity contribution in [2.24, 2.45) is 0 Å². The molecule has 0 radical (unpaired) electrons. The molecule has 27 heavy (non-hydrogen) atoms. The molecule has 2 N–H and O–H groups in total. The number of ether oxygens (including phenoxy) is 1. The Hall–Kier alpha value is -1.94. The van der Waals surface area contributed by atoms with Gasteiger partial charge in [-0.15, -0.1) is 0 Å². The molecule has 0 bridgehead atoms. The monoisotopic (exact) mass is 400 g/mol. The SMILES string of the molecule is COc1ccc(C=CC(=O)NCCC[N+](C)(C)CC(O)CS(=O)(=O)[O-])cc1. The number of carbonyl (C=O) groups excluding carboxylic acids is 1. The highest BCUT2D eigenvalue weighted by molar-refractivity contribution is 7.85. The Balaban J connectivity index is 2.32. The van der Waals surface area contributed by atoms with Crippen molar-refractivity contribution in [2.45, 2.75) is 12.5 Å². The van der Waals surface area contributed by atoms with Crippen LogP contribution in [0, 0.1) is 0 Å². The zero-order valence-electron chi connectivity index (χ0n) is 15.9. The molecule has 152 valence electrons. The fourth-order valence-corrected chi connectivity index (χ4v) is 3.19. The van der Waals surface area contributed by atoms with Crippen LogP contribution in [-0.2, 0) is 14.9 Å². The molecule has 0 aliphatic carbocycles. The summed E-state index contributed by atoms with van der Waals surface area (Å²) in [6.07, 6.45) is 2.59. The molecule has 0 aliphatic heterocycles. The first-order chi connectivity index (χ1) is 12.5. The first kappa shape index (κ1) is 23.1. The summed E-state index contributed by atoms with van der Waals surface area (Å²) < 4.78 is 37.4. The van der Waals surface area contributed by atoms with Crippen molar-refractivity contribution < 1.29 is 32.1 Å². The lowest BCUT2D eigenvalue weighted by atomic mass is 10.2. The highest BCUT2D eigenvalue weighted by atomic mass is 32.2. The average Bonchev–Trinajstić information content (AvgIpc) is 2.55. The summed E-state index contributed by atoms with van der Waals surface area (Å²) in [6.45, 7) is 1.20. The molecule has 0 aromatic heterocycles. The molecule has 0 fully saturated rings. The predicted octanol–water partition coefficient (Wildman–Crippen LogP) is 0.197. The van der Waals surface area contributed by atoms with E-state index in [0.29, 0.717) is 24.0 Å². The minimum absolute atomic E-state index is 0.146. The van der Waals surface area contributed by atoms with Gasteiger partial charge in [0.25, 0.3) is 0 Å². The first-order valence-corrected chi connectivity index (χ1v) is 10.1. The normalized spacial score (nSPS) is 13.5. The number of hydrogen-bond acceptors (Lipinski definition) is 6. The number of likely N-dealkylation sites (N-methyl/N-ethyl adjacent to an activating group) is 1. The average molecular weight is 400 g/mol. The molecular weight excluding hydrogens is 372 g/mol. The maximum absolute atomic E-state index is 11.8. The smallest absolute Gasteiger partial charge is 0.244 e. The Bertz CT molecular complexity index is 729. The topological polar surface area (TPSA) is 116 Å². The highest BCUT2D eigenvalue weighted by Crippen LogP contribution is 2.12. The standard InChI is InChI=1S/C18H28N2O6S/c1-20(2,13-16(21)14-27(23,24)25)12-4-11-19-18(22)10-7-15-5-8-17(26-3)9-6-15/h5-10,16,21H,4,11-14H2,1-3H3,(H-,19,22,23,24,25). The molecule has 1 atom stereocenters. The molecule has 1 aromatic carbocycles. The number of rotatable bonds is 11. The van der Waals surface area contributed by atoms with Gasteiger partial charge in [-0.25, -0.2) is 8.42 Å². The van der Waals surface area contributed by atoms with E-state index < -0.39 is 22.0 Å². The lowest BCUT2D eigenvalue weighted by molar-refractivity contribution is -0.893. The summed E-state index contributed by atoms with van der Waals surface area (Å²) in [5, 5.41) is 12.5. The lowest BCUT2D eigenvalue weighted by Crippen LogP contribution is -2.48. The number of nitrogens with one attached hydrogen (secondary N) is 1. The van der Waals surface area contributed by atoms with Crippen LogP contribution in [0.5, 0.6) is 5.75 Å². The van der Waals surface area contributed by atoms with Gasteiger partial charge in [0.15, 0.2) is 0 Å². The van der Waals surface area contributed by atoms with Crippen LogP contribution in [0.1, 0.15) is 12.0 Å². The third kappa shape index (κ3) is 10.7. The summed E-state index contributed by atoms with van der Waals surface area (Å²) in [6, 6.07) is 7.31. The summed E-state index contributed by atoms with van der Waals surface area (Å²) in [5.74, 6) is -0.259. The van der Waals surface area contributed by atoms with Crippen molar-refractivity contribution in [2.75, 3.05) is 46.6 Å². The van der Waals surface area contributed by atoms with Crippen molar-refractivity contribution in [3.8, 4) is 5.75 Å². The molecule has 8 nitrogen and oxygen atoms in total. The number of aliphatic hydroxyl groups is 1. The summed E-state index contributed by atoms with van der Waals surface area (Å²) >= 11 is 0. The first-order valence-electron chi connectivity index (χ1n) is 8.54. The van der Waals surface area contributed by atoms with E-state index in [1.807, 2.05) is 38.4 Å². The molecule has 0 saturated heterocycles. The molecule has 1 rings (SSSR count). The van der Waals surface area contributed by atoms with Crippen LogP contribution in [0.2, 0.25) is 0 Å². The van der Waals surface area contributed by atoms with Gasteiger partial charge in [0.1, 0.15) is 18.4 Å². The fraction of sp³-hybridized carbons (Fsp3) is 0.500. The minimum atomic E-state index is -4.45. The number of aliphatic hydroxyl groups excluding tert-OH is 1. The van der Waals surface area contributed by atoms with E-state index in [9.17, 15) is 22.9 Å². The minimum Gasteiger partial charge on any atom is -0.748 e. The van der Waals surface area contributed by atoms with Crippen LogP contribution in [0.15, 0.2) is 30.3 Å². The van der Waals surface area contributed by atoms with E-state index in [1.165, 1.54) is 6.08 Å². The van der Waals surface area contributed by atoms with Gasteiger partial charge in [0, 0.05) is 19.0 Å². The van der Waals surface area contributed by atoms with Gasteiger partial charge in [-0.1, -0.05) is 12.1 Å². The molecule has 0 saturated carbocycles. The Labute approximate surface area is 160 Å². The Morgan fingerprint density at radius 1 is 1.33 bits per heavy atom. The second kappa shape index (κ2) is 10.4. The Morgan fingerprint density at radius 3 is 2.52 bits per heavy atom. The van der Waals surface area contributed by atoms with Crippen LogP contribution in [0.25, 0.3) is 6.08 Å². The quantitative estimate of drug-likeness (QED) is 0.237. The number of benzene rings is 1. The summed E-state index contributed by atoms with van der Waals surface area (Å²) in [7, 11) is 0.792. The number of carbonyl (C=O) groups is 1. The Kier molecular flexibility index (Phi) is 8.91. The number of amides is 1. The van der Waals surface area contributed by atoms with Crippen LogP contribution >= 0.6 is 0 Å². The van der Waals surface area contributed by atoms with Gasteiger partial charge in [0.2, 0.25) is 5.91 Å². The van der Waals surface area contributed by atoms with Crippen LogP contribution in [0.3, 0.4) is 0 Å². The van der Waals surface area contributed by atoms with Crippen LogP contribution in [0.4, 0.5) is 0 Å². The number of hydrogen-bond donors (Lipinski definition) is 2. The third-order valence-corrected chi connectivity index (χ3v) is 4.68. The van der Waals surface area contributed by atoms with Gasteiger partial charge >= 0.3 is 0 Å². The van der Waals surface area contributed by atoms with Crippen molar-refractivity contribution in [1.82, 2.24) is 5.32 Å². The number of nitrogens with zero attached hydrogens (tertiary/aromatic N) is 1. The van der Waals surface area contributed by atoms with Crippen molar-refractivity contribution in [3.63, 3.8) is 0 Å². The molecule has 1 unspecified atom stereocenters. The highest BCUT2D eigenvalue weighted by Gasteiger charge is 2.21. The maximum atomic E-state index is 11.8. The fourth-order valence-electron chi connectivity index (χ4n) is 2.61. The molecule has 0 aliphatic rings. The molecule has 0 heterocycles. The van der Waals surface area contributed by atoms with Gasteiger partial charge in [-0.3, -0.25) is 4.79 Å². The van der Waals surface area contributed by atoms with E-state index in [2.05, 4.69) is 5.32 Å². The van der Waals surface area contributed by atoms with Crippen molar-refractivity contribution in [3.05, 3.63) is 35.9 Å². The zero-order chi connectivity index (χ0) is 20.5. The molecule has 9 heteroatoms. The van der Waals surface area contributed by atoms with Crippen LogP contribution in [-0.4, -0.2) is 81.2 Å². The number of quaternary nitrogens is 1. The van der Waals surface area contributed by atoms with E-state index in [1.54, 1.807) is 13.2 Å². The second-order valence-corrected chi connectivity index (χ2v) is 8.42. The van der Waals surface area contributed by atoms with E-state index in [0.717, 1.165) is 11.3 Å². The van der Waals surface area contributed by atoms with Crippen molar-refractivity contribution >= 4 is 22.1 Å². The summed E-state index contributed by atoms with van der Waals surface area (Å²) in [5.41, 5.74) is 0.881. The lowest BCUT2D eigenvalue weighted by Gasteiger charge is -2.32. The largest absolute Gasteiger partial charge is 0.748 e. The Morgan fingerprint density at radius 2 is 1.96 bits per heavy atom. The second-order valence-electron chi connectivity index (χ2n) is 6.97.